The minimum atomic E-state index is 0.166. The fourth-order valence-corrected chi connectivity index (χ4v) is 5.34. The first-order valence-corrected chi connectivity index (χ1v) is 12.2. The molecule has 0 unspecified atom stereocenters. The van der Waals surface area contributed by atoms with Crippen molar-refractivity contribution in [1.82, 2.24) is 25.3 Å². The van der Waals surface area contributed by atoms with Crippen LogP contribution in [0.15, 0.2) is 4.99 Å². The molecular weight excluding hydrogens is 376 g/mol. The smallest absolute Gasteiger partial charge is 0.220 e. The van der Waals surface area contributed by atoms with Gasteiger partial charge in [-0.25, -0.2) is 0 Å². The lowest BCUT2D eigenvalue weighted by Crippen LogP contribution is -2.58. The molecule has 0 bridgehead atoms. The van der Waals surface area contributed by atoms with Gasteiger partial charge in [0.1, 0.15) is 0 Å². The topological polar surface area (TPSA) is 63.2 Å². The lowest BCUT2D eigenvalue weighted by molar-refractivity contribution is -0.121. The second kappa shape index (κ2) is 11.3. The zero-order valence-electron chi connectivity index (χ0n) is 19.6. The quantitative estimate of drug-likeness (QED) is 0.506. The number of guanidine groups is 1. The summed E-state index contributed by atoms with van der Waals surface area (Å²) in [5.74, 6) is 1.74. The summed E-state index contributed by atoms with van der Waals surface area (Å²) in [7, 11) is 3.98. The summed E-state index contributed by atoms with van der Waals surface area (Å²) in [5.41, 5.74) is 0.227. The fraction of sp³-hybridized carbons (Fsp3) is 0.913. The van der Waals surface area contributed by atoms with Gasteiger partial charge in [0.05, 0.1) is 6.54 Å². The number of hydrogen-bond donors (Lipinski definition) is 2. The van der Waals surface area contributed by atoms with Crippen LogP contribution in [0.1, 0.15) is 58.3 Å². The van der Waals surface area contributed by atoms with Crippen LogP contribution < -0.4 is 10.6 Å². The Hall–Kier alpha value is -1.34. The molecule has 3 saturated heterocycles. The molecule has 0 aliphatic carbocycles. The van der Waals surface area contributed by atoms with Gasteiger partial charge in [-0.05, 0) is 84.6 Å². The molecule has 0 atom stereocenters. The van der Waals surface area contributed by atoms with E-state index < -0.39 is 0 Å². The monoisotopic (exact) mass is 420 g/mol. The summed E-state index contributed by atoms with van der Waals surface area (Å²) in [5, 5.41) is 6.32. The van der Waals surface area contributed by atoms with Crippen molar-refractivity contribution in [2.24, 2.45) is 10.9 Å². The molecule has 3 aliphatic rings. The zero-order chi connectivity index (χ0) is 21.4. The van der Waals surface area contributed by atoms with Gasteiger partial charge in [-0.2, -0.15) is 0 Å². The van der Waals surface area contributed by atoms with Crippen molar-refractivity contribution in [3.8, 4) is 0 Å². The molecule has 30 heavy (non-hydrogen) atoms. The summed E-state index contributed by atoms with van der Waals surface area (Å²) >= 11 is 0. The highest BCUT2D eigenvalue weighted by Gasteiger charge is 2.39. The van der Waals surface area contributed by atoms with Crippen LogP contribution in [0.25, 0.3) is 0 Å². The maximum atomic E-state index is 11.7. The number of nitrogens with one attached hydrogen (secondary N) is 2. The molecule has 3 fully saturated rings. The molecule has 1 amide bonds. The summed E-state index contributed by atoms with van der Waals surface area (Å²) in [6.45, 7) is 10.8. The average Bonchev–Trinajstić information content (AvgIpc) is 2.79. The Kier molecular flexibility index (Phi) is 8.81. The van der Waals surface area contributed by atoms with Gasteiger partial charge in [0.2, 0.25) is 5.91 Å². The number of rotatable bonds is 6. The van der Waals surface area contributed by atoms with Crippen molar-refractivity contribution >= 4 is 11.9 Å². The van der Waals surface area contributed by atoms with E-state index in [4.69, 9.17) is 4.99 Å². The lowest BCUT2D eigenvalue weighted by Gasteiger charge is -2.49. The molecule has 3 heterocycles. The molecule has 7 heteroatoms. The number of aliphatic imine (C=N–C) groups is 1. The molecule has 3 aliphatic heterocycles. The molecule has 0 aromatic heterocycles. The van der Waals surface area contributed by atoms with Crippen molar-refractivity contribution in [1.29, 1.82) is 0 Å². The molecule has 7 nitrogen and oxygen atoms in total. The van der Waals surface area contributed by atoms with Crippen molar-refractivity contribution < 1.29 is 4.79 Å². The highest BCUT2D eigenvalue weighted by Crippen LogP contribution is 2.32. The molecule has 0 saturated carbocycles. The van der Waals surface area contributed by atoms with Crippen LogP contribution in [0.4, 0.5) is 0 Å². The van der Waals surface area contributed by atoms with E-state index in [1.54, 1.807) is 7.05 Å². The van der Waals surface area contributed by atoms with E-state index in [9.17, 15) is 4.79 Å². The highest BCUT2D eigenvalue weighted by molar-refractivity contribution is 5.80. The number of likely N-dealkylation sites (tertiary alicyclic amines) is 3. The first kappa shape index (κ1) is 23.3. The summed E-state index contributed by atoms with van der Waals surface area (Å²) in [6.07, 6.45) is 9.29. The van der Waals surface area contributed by atoms with Crippen LogP contribution in [0.2, 0.25) is 0 Å². The predicted octanol–water partition coefficient (Wildman–Crippen LogP) is 1.75. The average molecular weight is 421 g/mol. The van der Waals surface area contributed by atoms with E-state index in [1.807, 2.05) is 0 Å². The van der Waals surface area contributed by atoms with Crippen LogP contribution in [-0.2, 0) is 4.79 Å². The lowest BCUT2D eigenvalue weighted by atomic mass is 9.84. The number of piperidine rings is 3. The highest BCUT2D eigenvalue weighted by atomic mass is 16.1. The Bertz CT molecular complexity index is 558. The molecule has 3 rings (SSSR count). The van der Waals surface area contributed by atoms with E-state index in [0.29, 0.717) is 12.3 Å². The van der Waals surface area contributed by atoms with Gasteiger partial charge in [-0.15, -0.1) is 0 Å². The van der Waals surface area contributed by atoms with Crippen LogP contribution in [0.5, 0.6) is 0 Å². The van der Waals surface area contributed by atoms with Crippen LogP contribution in [0.3, 0.4) is 0 Å². The normalized spacial score (nSPS) is 24.6. The summed E-state index contributed by atoms with van der Waals surface area (Å²) in [6, 6.07) is 0. The third-order valence-corrected chi connectivity index (χ3v) is 7.47. The third-order valence-electron chi connectivity index (χ3n) is 7.47. The Morgan fingerprint density at radius 3 is 2.30 bits per heavy atom. The van der Waals surface area contributed by atoms with Gasteiger partial charge in [0.15, 0.2) is 5.96 Å². The Labute approximate surface area is 183 Å². The van der Waals surface area contributed by atoms with Crippen LogP contribution >= 0.6 is 0 Å². The van der Waals surface area contributed by atoms with Gasteiger partial charge in [0, 0.05) is 38.6 Å². The molecule has 0 aromatic carbocycles. The first-order valence-electron chi connectivity index (χ1n) is 12.2. The molecule has 0 spiro atoms. The molecule has 0 aromatic rings. The fourth-order valence-electron chi connectivity index (χ4n) is 5.34. The number of amides is 1. The summed E-state index contributed by atoms with van der Waals surface area (Å²) in [4.78, 5) is 24.6. The standard InChI is InChI=1S/C23H44N6O/c1-4-25-22(28-14-8-20(9-15-28)18-21(30)24-2)26-19-23(10-16-27(3)17-11-23)29-12-6-5-7-13-29/h20H,4-19H2,1-3H3,(H,24,30)(H,25,26). The summed E-state index contributed by atoms with van der Waals surface area (Å²) < 4.78 is 0. The van der Waals surface area contributed by atoms with Crippen molar-refractivity contribution in [2.75, 3.05) is 66.5 Å². The van der Waals surface area contributed by atoms with Gasteiger partial charge in [-0.1, -0.05) is 6.42 Å². The molecule has 172 valence electrons. The number of carbonyl (C=O) groups is 1. The Morgan fingerprint density at radius 2 is 1.70 bits per heavy atom. The minimum absolute atomic E-state index is 0.166. The minimum Gasteiger partial charge on any atom is -0.359 e. The van der Waals surface area contributed by atoms with E-state index >= 15 is 0 Å². The molecule has 0 radical (unpaired) electrons. The van der Waals surface area contributed by atoms with Crippen LogP contribution in [-0.4, -0.2) is 98.6 Å². The second-order valence-corrected chi connectivity index (χ2v) is 9.55. The van der Waals surface area contributed by atoms with E-state index in [2.05, 4.69) is 39.3 Å². The van der Waals surface area contributed by atoms with E-state index in [1.165, 1.54) is 58.3 Å². The van der Waals surface area contributed by atoms with Crippen molar-refractivity contribution in [2.45, 2.75) is 63.8 Å². The number of carbonyl (C=O) groups excluding carboxylic acids is 1. The maximum absolute atomic E-state index is 11.7. The SMILES string of the molecule is CCNC(=NCC1(N2CCCCC2)CCN(C)CC1)N1CCC(CC(=O)NC)CC1. The van der Waals surface area contributed by atoms with Gasteiger partial charge >= 0.3 is 0 Å². The maximum Gasteiger partial charge on any atom is 0.220 e. The molecular formula is C23H44N6O. The predicted molar refractivity (Wildman–Crippen MR) is 124 cm³/mol. The first-order chi connectivity index (χ1) is 14.6. The number of hydrogen-bond acceptors (Lipinski definition) is 4. The van der Waals surface area contributed by atoms with Crippen LogP contribution in [0, 0.1) is 5.92 Å². The van der Waals surface area contributed by atoms with Gasteiger partial charge < -0.3 is 20.4 Å². The van der Waals surface area contributed by atoms with Gasteiger partial charge in [0.25, 0.3) is 0 Å². The Balaban J connectivity index is 1.65. The van der Waals surface area contributed by atoms with Gasteiger partial charge in [-0.3, -0.25) is 14.7 Å². The molecule has 2 N–H and O–H groups in total. The second-order valence-electron chi connectivity index (χ2n) is 9.55. The van der Waals surface area contributed by atoms with Crippen molar-refractivity contribution in [3.05, 3.63) is 0 Å². The Morgan fingerprint density at radius 1 is 1.03 bits per heavy atom. The largest absolute Gasteiger partial charge is 0.359 e. The van der Waals surface area contributed by atoms with E-state index in [0.717, 1.165) is 45.0 Å². The zero-order valence-corrected chi connectivity index (χ0v) is 19.6. The van der Waals surface area contributed by atoms with E-state index in [-0.39, 0.29) is 11.4 Å². The third kappa shape index (κ3) is 6.10. The number of nitrogens with zero attached hydrogens (tertiary/aromatic N) is 4. The van der Waals surface area contributed by atoms with Crippen molar-refractivity contribution in [3.63, 3.8) is 0 Å².